The van der Waals surface area contributed by atoms with Crippen LogP contribution >= 0.6 is 0 Å². The smallest absolute Gasteiger partial charge is 0.257 e. The minimum absolute atomic E-state index is 0.438. The van der Waals surface area contributed by atoms with Crippen LogP contribution in [0.2, 0.25) is 0 Å². The van der Waals surface area contributed by atoms with Gasteiger partial charge in [-0.25, -0.2) is 18.7 Å². The van der Waals surface area contributed by atoms with E-state index < -0.39 is 13.0 Å². The highest BCUT2D eigenvalue weighted by molar-refractivity contribution is 5.82. The molecule has 0 saturated heterocycles. The molecule has 1 N–H and O–H groups in total. The van der Waals surface area contributed by atoms with Gasteiger partial charge in [0.25, 0.3) is 6.43 Å². The summed E-state index contributed by atoms with van der Waals surface area (Å²) in [7, 11) is 0. The van der Waals surface area contributed by atoms with Crippen LogP contribution in [0.5, 0.6) is 0 Å². The van der Waals surface area contributed by atoms with E-state index in [1.165, 1.54) is 23.3 Å². The van der Waals surface area contributed by atoms with Crippen LogP contribution in [0.1, 0.15) is 18.9 Å². The van der Waals surface area contributed by atoms with Crippen LogP contribution in [0.4, 0.5) is 20.2 Å². The Morgan fingerprint density at radius 1 is 1.00 bits per heavy atom. The number of fused-ring (bicyclic) bond motifs is 1. The number of alkyl halides is 2. The lowest BCUT2D eigenvalue weighted by molar-refractivity contribution is 0.122. The van der Waals surface area contributed by atoms with Gasteiger partial charge < -0.3 is 5.32 Å². The number of aryl methyl sites for hydroxylation is 1. The van der Waals surface area contributed by atoms with Crippen molar-refractivity contribution < 1.29 is 8.78 Å². The minimum atomic E-state index is -2.50. The highest BCUT2D eigenvalue weighted by Gasteiger charge is 2.15. The quantitative estimate of drug-likeness (QED) is 0.359. The van der Waals surface area contributed by atoms with Crippen molar-refractivity contribution in [1.29, 1.82) is 5.26 Å². The Balaban J connectivity index is 1.56. The van der Waals surface area contributed by atoms with Gasteiger partial charge in [-0.1, -0.05) is 6.92 Å². The van der Waals surface area contributed by atoms with Gasteiger partial charge in [0.05, 0.1) is 35.5 Å². The van der Waals surface area contributed by atoms with Crippen LogP contribution in [0.15, 0.2) is 55.5 Å². The Morgan fingerprint density at radius 3 is 2.66 bits per heavy atom. The zero-order valence-corrected chi connectivity index (χ0v) is 18.7. The van der Waals surface area contributed by atoms with E-state index >= 15 is 0 Å². The van der Waals surface area contributed by atoms with Gasteiger partial charge in [-0.05, 0) is 12.5 Å². The fourth-order valence-electron chi connectivity index (χ4n) is 3.72. The van der Waals surface area contributed by atoms with E-state index in [9.17, 15) is 8.78 Å². The summed E-state index contributed by atoms with van der Waals surface area (Å²) in [5.41, 5.74) is 3.83. The molecule has 0 radical (unpaired) electrons. The van der Waals surface area contributed by atoms with Crippen molar-refractivity contribution in [3.8, 4) is 23.0 Å². The van der Waals surface area contributed by atoms with Crippen LogP contribution in [0, 0.1) is 11.3 Å². The Labute approximate surface area is 198 Å². The minimum Gasteiger partial charge on any atom is -0.352 e. The summed E-state index contributed by atoms with van der Waals surface area (Å²) >= 11 is 0. The number of hydrogen-bond acceptors (Lipinski definition) is 7. The molecule has 0 spiro atoms. The summed E-state index contributed by atoms with van der Waals surface area (Å²) in [4.78, 5) is 8.95. The average Bonchev–Trinajstić information content (AvgIpc) is 3.59. The fourth-order valence-corrected chi connectivity index (χ4v) is 3.72. The molecule has 35 heavy (non-hydrogen) atoms. The van der Waals surface area contributed by atoms with Gasteiger partial charge in [0.15, 0.2) is 11.5 Å². The second kappa shape index (κ2) is 9.30. The van der Waals surface area contributed by atoms with Gasteiger partial charge in [-0.15, -0.1) is 0 Å². The maximum Gasteiger partial charge on any atom is 0.257 e. The topological polar surface area (TPSA) is 115 Å². The first kappa shape index (κ1) is 22.1. The number of hydrogen-bond donors (Lipinski definition) is 1. The van der Waals surface area contributed by atoms with Crippen LogP contribution in [-0.2, 0) is 13.1 Å². The number of nitrogens with one attached hydrogen (secondary N) is 1. The predicted molar refractivity (Wildman–Crippen MR) is 124 cm³/mol. The molecule has 0 fully saturated rings. The first-order valence-electron chi connectivity index (χ1n) is 10.9. The molecule has 10 nitrogen and oxygen atoms in total. The lowest BCUT2D eigenvalue weighted by atomic mass is 10.1. The van der Waals surface area contributed by atoms with E-state index in [-0.39, 0.29) is 0 Å². The normalized spacial score (nSPS) is 11.3. The number of nitrogens with zero attached hydrogens (tertiary/aromatic N) is 9. The number of pyridine rings is 2. The molecule has 0 saturated carbocycles. The molecule has 0 aliphatic rings. The summed E-state index contributed by atoms with van der Waals surface area (Å²) in [6.45, 7) is 2.36. The van der Waals surface area contributed by atoms with Crippen molar-refractivity contribution in [1.82, 2.24) is 39.3 Å². The molecular formula is C23H20F2N10. The molecule has 5 heterocycles. The third kappa shape index (κ3) is 4.56. The Hall–Kier alpha value is -4.66. The second-order valence-corrected chi connectivity index (χ2v) is 7.85. The highest BCUT2D eigenvalue weighted by Crippen LogP contribution is 2.31. The molecular weight excluding hydrogens is 454 g/mol. The zero-order chi connectivity index (χ0) is 24.4. The van der Waals surface area contributed by atoms with Gasteiger partial charge in [-0.2, -0.15) is 25.2 Å². The maximum absolute atomic E-state index is 12.8. The lowest BCUT2D eigenvalue weighted by Gasteiger charge is -2.12. The van der Waals surface area contributed by atoms with Crippen molar-refractivity contribution in [2.75, 3.05) is 5.32 Å². The average molecular weight is 474 g/mol. The molecule has 0 amide bonds. The van der Waals surface area contributed by atoms with Crippen LogP contribution in [0.3, 0.4) is 0 Å². The molecule has 5 aromatic heterocycles. The maximum atomic E-state index is 12.8. The van der Waals surface area contributed by atoms with Gasteiger partial charge in [0.1, 0.15) is 12.6 Å². The molecule has 0 bridgehead atoms. The zero-order valence-electron chi connectivity index (χ0n) is 18.7. The van der Waals surface area contributed by atoms with E-state index in [0.717, 1.165) is 24.1 Å². The molecule has 176 valence electrons. The molecule has 0 aliphatic heterocycles. The molecule has 0 atom stereocenters. The predicted octanol–water partition coefficient (Wildman–Crippen LogP) is 4.17. The summed E-state index contributed by atoms with van der Waals surface area (Å²) in [6, 6.07) is 5.57. The van der Waals surface area contributed by atoms with E-state index in [1.54, 1.807) is 35.4 Å². The number of anilines is 2. The van der Waals surface area contributed by atoms with E-state index in [2.05, 4.69) is 43.6 Å². The third-order valence-corrected chi connectivity index (χ3v) is 5.28. The van der Waals surface area contributed by atoms with Gasteiger partial charge in [0.2, 0.25) is 0 Å². The highest BCUT2D eigenvalue weighted by atomic mass is 19.3. The van der Waals surface area contributed by atoms with Crippen LogP contribution in [-0.4, -0.2) is 45.7 Å². The van der Waals surface area contributed by atoms with Crippen molar-refractivity contribution in [3.05, 3.63) is 61.1 Å². The van der Waals surface area contributed by atoms with Gasteiger partial charge in [0, 0.05) is 53.9 Å². The van der Waals surface area contributed by atoms with E-state index in [4.69, 9.17) is 5.26 Å². The first-order valence-corrected chi connectivity index (χ1v) is 10.9. The Morgan fingerprint density at radius 2 is 1.86 bits per heavy atom. The number of aromatic nitrogens is 8. The SMILES string of the molecule is CCCn1cc(-c2cnc(-n3ncc4cc(C#N)cnc43)cc2Nc2cnn(CC(F)F)c2)cn1. The van der Waals surface area contributed by atoms with Crippen molar-refractivity contribution in [2.45, 2.75) is 32.9 Å². The Bertz CT molecular complexity index is 1520. The number of halogens is 2. The molecule has 5 rings (SSSR count). The van der Waals surface area contributed by atoms with Gasteiger partial charge in [-0.3, -0.25) is 9.36 Å². The van der Waals surface area contributed by atoms with Crippen molar-refractivity contribution >= 4 is 22.4 Å². The number of nitriles is 1. The molecule has 0 aliphatic carbocycles. The summed E-state index contributed by atoms with van der Waals surface area (Å²) < 4.78 is 30.1. The molecule has 0 aromatic carbocycles. The molecule has 12 heteroatoms. The van der Waals surface area contributed by atoms with Crippen molar-refractivity contribution in [2.24, 2.45) is 0 Å². The summed E-state index contributed by atoms with van der Waals surface area (Å²) in [5.74, 6) is 0.490. The molecule has 5 aromatic rings. The monoisotopic (exact) mass is 474 g/mol. The Kier molecular flexibility index (Phi) is 5.88. The standard InChI is InChI=1S/C23H20F2N10/c1-2-3-33-12-17(9-29-33)19-11-27-22(35-23-16(8-31-35)4-15(6-26)7-28-23)5-20(19)32-18-10-30-34(13-18)14-21(24)25/h4-5,7-13,21H,2-3,14H2,1H3,(H,27,32). The van der Waals surface area contributed by atoms with E-state index in [0.29, 0.717) is 33.8 Å². The van der Waals surface area contributed by atoms with Crippen LogP contribution in [0.25, 0.3) is 28.0 Å². The van der Waals surface area contributed by atoms with E-state index in [1.807, 2.05) is 10.9 Å². The van der Waals surface area contributed by atoms with Crippen molar-refractivity contribution in [3.63, 3.8) is 0 Å². The van der Waals surface area contributed by atoms with Crippen LogP contribution < -0.4 is 5.32 Å². The fraction of sp³-hybridized carbons (Fsp3) is 0.217. The summed E-state index contributed by atoms with van der Waals surface area (Å²) in [6.07, 6.45) is 9.93. The lowest BCUT2D eigenvalue weighted by Crippen LogP contribution is -2.06. The molecule has 0 unspecified atom stereocenters. The first-order chi connectivity index (χ1) is 17.0. The second-order valence-electron chi connectivity index (χ2n) is 7.85. The van der Waals surface area contributed by atoms with Gasteiger partial charge >= 0.3 is 0 Å². The third-order valence-electron chi connectivity index (χ3n) is 5.28. The largest absolute Gasteiger partial charge is 0.352 e. The number of rotatable bonds is 8. The summed E-state index contributed by atoms with van der Waals surface area (Å²) in [5, 5.41) is 25.9.